The lowest BCUT2D eigenvalue weighted by Gasteiger charge is -2.38. The molecule has 0 atom stereocenters. The molecule has 5 aromatic carbocycles. The molecule has 0 bridgehead atoms. The summed E-state index contributed by atoms with van der Waals surface area (Å²) in [5, 5.41) is 0. The van der Waals surface area contributed by atoms with Gasteiger partial charge in [0, 0.05) is 39.9 Å². The van der Waals surface area contributed by atoms with Crippen molar-refractivity contribution in [2.45, 2.75) is 13.8 Å². The number of para-hydroxylation sites is 2. The van der Waals surface area contributed by atoms with Gasteiger partial charge in [-0.3, -0.25) is 0 Å². The van der Waals surface area contributed by atoms with Crippen LogP contribution in [0.5, 0.6) is 34.5 Å². The van der Waals surface area contributed by atoms with Crippen LogP contribution in [0.3, 0.4) is 0 Å². The Morgan fingerprint density at radius 3 is 1.35 bits per heavy atom. The second-order valence-electron chi connectivity index (χ2n) is 9.84. The molecule has 0 saturated heterocycles. The zero-order valence-electron chi connectivity index (χ0n) is 20.5. The average Bonchev–Trinajstić information content (AvgIpc) is 2.91. The van der Waals surface area contributed by atoms with Gasteiger partial charge in [0.25, 0.3) is 6.71 Å². The predicted octanol–water partition coefficient (Wildman–Crippen LogP) is 6.61. The van der Waals surface area contributed by atoms with Crippen LogP contribution in [0.1, 0.15) is 11.1 Å². The van der Waals surface area contributed by atoms with Gasteiger partial charge in [-0.15, -0.1) is 0 Å². The van der Waals surface area contributed by atoms with E-state index in [1.165, 1.54) is 11.1 Å². The molecule has 5 heteroatoms. The highest BCUT2D eigenvalue weighted by Crippen LogP contribution is 2.46. The first-order chi connectivity index (χ1) is 18.2. The Hall–Kier alpha value is -4.64. The Balaban J connectivity index is 1.40. The number of nitrogens with zero attached hydrogens (tertiary/aromatic N) is 1. The molecule has 0 fully saturated rings. The number of rotatable bonds is 3. The van der Waals surface area contributed by atoms with Gasteiger partial charge in [0.15, 0.2) is 0 Å². The molecule has 0 spiro atoms. The molecule has 3 heterocycles. The number of anilines is 3. The molecule has 0 N–H and O–H groups in total. The maximum absolute atomic E-state index is 6.59. The van der Waals surface area contributed by atoms with Crippen molar-refractivity contribution >= 4 is 40.2 Å². The molecular weight excluding hydrogens is 457 g/mol. The lowest BCUT2D eigenvalue weighted by atomic mass is 9.34. The molecule has 37 heavy (non-hydrogen) atoms. The van der Waals surface area contributed by atoms with E-state index in [0.717, 1.165) is 67.9 Å². The molecular formula is C32H22BNO3. The number of benzene rings is 5. The van der Waals surface area contributed by atoms with Crippen molar-refractivity contribution in [3.63, 3.8) is 0 Å². The maximum Gasteiger partial charge on any atom is 0.270 e. The molecule has 0 amide bonds. The van der Waals surface area contributed by atoms with Crippen molar-refractivity contribution in [3.8, 4) is 34.5 Å². The minimum atomic E-state index is 0.0121. The van der Waals surface area contributed by atoms with Gasteiger partial charge < -0.3 is 19.1 Å². The van der Waals surface area contributed by atoms with Gasteiger partial charge in [-0.05, 0) is 61.4 Å². The highest BCUT2D eigenvalue weighted by atomic mass is 16.5. The SMILES string of the molecule is Cc1ccccc1N(c1cc2c3c(c1)Oc1cccc4c1B3c1c(cccc1O2)O4)c1ccccc1C. The van der Waals surface area contributed by atoms with Gasteiger partial charge >= 0.3 is 0 Å². The van der Waals surface area contributed by atoms with Gasteiger partial charge in [0.1, 0.15) is 34.5 Å². The first kappa shape index (κ1) is 20.5. The van der Waals surface area contributed by atoms with Crippen molar-refractivity contribution in [2.75, 3.05) is 4.90 Å². The van der Waals surface area contributed by atoms with Crippen LogP contribution in [0.4, 0.5) is 17.1 Å². The van der Waals surface area contributed by atoms with Crippen LogP contribution in [-0.4, -0.2) is 6.71 Å². The Morgan fingerprint density at radius 1 is 0.486 bits per heavy atom. The normalized spacial score (nSPS) is 13.2. The second kappa shape index (κ2) is 7.44. The van der Waals surface area contributed by atoms with E-state index in [1.807, 2.05) is 36.4 Å². The van der Waals surface area contributed by atoms with Gasteiger partial charge in [-0.2, -0.15) is 0 Å². The predicted molar refractivity (Wildman–Crippen MR) is 148 cm³/mol. The lowest BCUT2D eigenvalue weighted by Crippen LogP contribution is -2.59. The summed E-state index contributed by atoms with van der Waals surface area (Å²) >= 11 is 0. The van der Waals surface area contributed by atoms with E-state index in [-0.39, 0.29) is 6.71 Å². The van der Waals surface area contributed by atoms with E-state index in [1.54, 1.807) is 0 Å². The average molecular weight is 479 g/mol. The van der Waals surface area contributed by atoms with E-state index in [9.17, 15) is 0 Å². The fourth-order valence-corrected chi connectivity index (χ4v) is 5.97. The van der Waals surface area contributed by atoms with Gasteiger partial charge in [-0.1, -0.05) is 48.5 Å². The third kappa shape index (κ3) is 2.85. The summed E-state index contributed by atoms with van der Waals surface area (Å²) in [6.07, 6.45) is 0. The van der Waals surface area contributed by atoms with E-state index in [0.29, 0.717) is 0 Å². The minimum Gasteiger partial charge on any atom is -0.458 e. The Bertz CT molecular complexity index is 1640. The van der Waals surface area contributed by atoms with Crippen LogP contribution < -0.4 is 35.5 Å². The first-order valence-electron chi connectivity index (χ1n) is 12.6. The quantitative estimate of drug-likeness (QED) is 0.267. The summed E-state index contributed by atoms with van der Waals surface area (Å²) in [6.45, 7) is 4.31. The maximum atomic E-state index is 6.59. The number of hydrogen-bond acceptors (Lipinski definition) is 4. The molecule has 176 valence electrons. The van der Waals surface area contributed by atoms with Crippen LogP contribution in [0.2, 0.25) is 0 Å². The summed E-state index contributed by atoms with van der Waals surface area (Å²) in [7, 11) is 0. The summed E-state index contributed by atoms with van der Waals surface area (Å²) in [5.41, 5.74) is 8.80. The molecule has 0 saturated carbocycles. The molecule has 0 aromatic heterocycles. The minimum absolute atomic E-state index is 0.0121. The fraction of sp³-hybridized carbons (Fsp3) is 0.0625. The molecule has 3 aliphatic rings. The summed E-state index contributed by atoms with van der Waals surface area (Å²) in [5.74, 6) is 4.98. The molecule has 8 rings (SSSR count). The molecule has 3 aliphatic heterocycles. The van der Waals surface area contributed by atoms with Crippen LogP contribution >= 0.6 is 0 Å². The third-order valence-electron chi connectivity index (χ3n) is 7.64. The summed E-state index contributed by atoms with van der Waals surface area (Å²) in [6, 6.07) is 33.3. The van der Waals surface area contributed by atoms with Crippen molar-refractivity contribution in [2.24, 2.45) is 0 Å². The molecule has 0 radical (unpaired) electrons. The highest BCUT2D eigenvalue weighted by Gasteiger charge is 2.46. The van der Waals surface area contributed by atoms with E-state index in [4.69, 9.17) is 14.2 Å². The summed E-state index contributed by atoms with van der Waals surface area (Å²) < 4.78 is 19.5. The van der Waals surface area contributed by atoms with Crippen molar-refractivity contribution in [3.05, 3.63) is 108 Å². The highest BCUT2D eigenvalue weighted by molar-refractivity contribution is 6.99. The van der Waals surface area contributed by atoms with E-state index >= 15 is 0 Å². The zero-order chi connectivity index (χ0) is 24.7. The standard InChI is InChI=1S/C32H22BNO3/c1-19-9-3-5-11-22(19)34(23-12-6-4-10-20(23)2)21-17-28-32-29(18-21)37-27-16-8-14-25-31(27)33(32)30-24(35-25)13-7-15-26(30)36-28/h3-18H,1-2H3. The molecule has 0 unspecified atom stereocenters. The Labute approximate surface area is 215 Å². The van der Waals surface area contributed by atoms with Crippen molar-refractivity contribution in [1.82, 2.24) is 0 Å². The zero-order valence-corrected chi connectivity index (χ0v) is 20.5. The van der Waals surface area contributed by atoms with Gasteiger partial charge in [0.05, 0.1) is 5.69 Å². The lowest BCUT2D eigenvalue weighted by molar-refractivity contribution is 0.443. The first-order valence-corrected chi connectivity index (χ1v) is 12.6. The largest absolute Gasteiger partial charge is 0.458 e. The molecule has 5 aromatic rings. The van der Waals surface area contributed by atoms with Crippen molar-refractivity contribution in [1.29, 1.82) is 0 Å². The van der Waals surface area contributed by atoms with Crippen LogP contribution in [0.25, 0.3) is 0 Å². The van der Waals surface area contributed by atoms with E-state index < -0.39 is 0 Å². The second-order valence-corrected chi connectivity index (χ2v) is 9.84. The fourth-order valence-electron chi connectivity index (χ4n) is 5.97. The summed E-state index contributed by atoms with van der Waals surface area (Å²) in [4.78, 5) is 2.30. The molecule has 0 aliphatic carbocycles. The van der Waals surface area contributed by atoms with E-state index in [2.05, 4.69) is 79.4 Å². The smallest absolute Gasteiger partial charge is 0.270 e. The Kier molecular flexibility index (Phi) is 4.13. The van der Waals surface area contributed by atoms with Crippen molar-refractivity contribution < 1.29 is 14.2 Å². The molecule has 4 nitrogen and oxygen atoms in total. The monoisotopic (exact) mass is 479 g/mol. The van der Waals surface area contributed by atoms with Gasteiger partial charge in [-0.25, -0.2) is 0 Å². The topological polar surface area (TPSA) is 30.9 Å². The van der Waals surface area contributed by atoms with Gasteiger partial charge in [0.2, 0.25) is 0 Å². The number of ether oxygens (including phenoxy) is 3. The number of aryl methyl sites for hydroxylation is 2. The van der Waals surface area contributed by atoms with Crippen LogP contribution in [0, 0.1) is 13.8 Å². The van der Waals surface area contributed by atoms with Crippen LogP contribution in [0.15, 0.2) is 97.1 Å². The number of hydrogen-bond donors (Lipinski definition) is 0. The van der Waals surface area contributed by atoms with Crippen LogP contribution in [-0.2, 0) is 0 Å². The Morgan fingerprint density at radius 2 is 0.892 bits per heavy atom. The third-order valence-corrected chi connectivity index (χ3v) is 7.64.